The fourth-order valence-electron chi connectivity index (χ4n) is 2.47. The van der Waals surface area contributed by atoms with Crippen molar-refractivity contribution >= 4 is 21.6 Å². The molecular weight excluding hydrogens is 276 g/mol. The Bertz CT molecular complexity index is 382. The molecule has 1 aliphatic heterocycles. The normalized spacial score (nSPS) is 17.8. The molecule has 0 aliphatic carbocycles. The lowest BCUT2D eigenvalue weighted by molar-refractivity contribution is 0.249. The van der Waals surface area contributed by atoms with Crippen molar-refractivity contribution in [1.29, 1.82) is 0 Å². The highest BCUT2D eigenvalue weighted by Gasteiger charge is 2.20. The summed E-state index contributed by atoms with van der Waals surface area (Å²) in [6.45, 7) is 4.49. The van der Waals surface area contributed by atoms with E-state index in [4.69, 9.17) is 0 Å². The summed E-state index contributed by atoms with van der Waals surface area (Å²) in [5.74, 6) is 0. The number of halogens is 1. The predicted molar refractivity (Wildman–Crippen MR) is 77.8 cm³/mol. The first-order valence-electron chi connectivity index (χ1n) is 6.25. The van der Waals surface area contributed by atoms with E-state index in [0.717, 1.165) is 6.04 Å². The van der Waals surface area contributed by atoms with E-state index in [9.17, 15) is 0 Å². The topological polar surface area (TPSA) is 6.48 Å². The zero-order chi connectivity index (χ0) is 12.4. The molecule has 0 atom stereocenters. The van der Waals surface area contributed by atoms with E-state index >= 15 is 0 Å². The third-order valence-electron chi connectivity index (χ3n) is 3.70. The number of benzene rings is 1. The Labute approximate surface area is 113 Å². The number of nitrogens with zero attached hydrogens (tertiary/aromatic N) is 2. The van der Waals surface area contributed by atoms with Gasteiger partial charge in [0.25, 0.3) is 0 Å². The maximum absolute atomic E-state index is 3.56. The molecule has 0 aromatic heterocycles. The van der Waals surface area contributed by atoms with E-state index in [1.807, 2.05) is 0 Å². The molecule has 1 heterocycles. The Kier molecular flexibility index (Phi) is 4.10. The summed E-state index contributed by atoms with van der Waals surface area (Å²) < 4.78 is 1.20. The SMILES string of the molecule is Cc1cc(N2CCC(N(C)C)CC2)ccc1Br. The number of aryl methyl sites for hydroxylation is 1. The van der Waals surface area contributed by atoms with Gasteiger partial charge in [0, 0.05) is 29.3 Å². The first-order chi connectivity index (χ1) is 8.08. The predicted octanol–water partition coefficient (Wildman–Crippen LogP) is 3.29. The van der Waals surface area contributed by atoms with Crippen LogP contribution in [0, 0.1) is 6.92 Å². The number of hydrogen-bond donors (Lipinski definition) is 0. The third kappa shape index (κ3) is 3.02. The maximum atomic E-state index is 3.56. The Morgan fingerprint density at radius 3 is 2.41 bits per heavy atom. The Balaban J connectivity index is 2.03. The summed E-state index contributed by atoms with van der Waals surface area (Å²) in [7, 11) is 4.37. The summed E-state index contributed by atoms with van der Waals surface area (Å²) in [4.78, 5) is 4.85. The largest absolute Gasteiger partial charge is 0.371 e. The molecule has 0 unspecified atom stereocenters. The van der Waals surface area contributed by atoms with Gasteiger partial charge in [-0.3, -0.25) is 0 Å². The van der Waals surface area contributed by atoms with Crippen molar-refractivity contribution in [2.75, 3.05) is 32.1 Å². The van der Waals surface area contributed by atoms with Crippen molar-refractivity contribution in [3.8, 4) is 0 Å². The standard InChI is InChI=1S/C14H21BrN2/c1-11-10-13(4-5-14(11)15)17-8-6-12(7-9-17)16(2)3/h4-5,10,12H,6-9H2,1-3H3. The third-order valence-corrected chi connectivity index (χ3v) is 4.59. The van der Waals surface area contributed by atoms with Crippen LogP contribution in [0.3, 0.4) is 0 Å². The van der Waals surface area contributed by atoms with Crippen LogP contribution in [0.4, 0.5) is 5.69 Å². The average Bonchev–Trinajstić information content (AvgIpc) is 2.33. The average molecular weight is 297 g/mol. The summed E-state index contributed by atoms with van der Waals surface area (Å²) in [6, 6.07) is 7.40. The molecule has 1 fully saturated rings. The first-order valence-corrected chi connectivity index (χ1v) is 7.05. The summed E-state index contributed by atoms with van der Waals surface area (Å²) in [5.41, 5.74) is 2.68. The van der Waals surface area contributed by atoms with E-state index in [1.54, 1.807) is 0 Å². The van der Waals surface area contributed by atoms with Gasteiger partial charge in [0.1, 0.15) is 0 Å². The van der Waals surface area contributed by atoms with Gasteiger partial charge in [-0.25, -0.2) is 0 Å². The van der Waals surface area contributed by atoms with E-state index in [2.05, 4.69) is 64.9 Å². The van der Waals surface area contributed by atoms with Gasteiger partial charge >= 0.3 is 0 Å². The van der Waals surface area contributed by atoms with Gasteiger partial charge in [-0.05, 0) is 57.6 Å². The van der Waals surface area contributed by atoms with Gasteiger partial charge in [-0.15, -0.1) is 0 Å². The lowest BCUT2D eigenvalue weighted by atomic mass is 10.0. The van der Waals surface area contributed by atoms with Gasteiger partial charge in [0.15, 0.2) is 0 Å². The molecule has 94 valence electrons. The molecule has 0 saturated carbocycles. The molecule has 3 heteroatoms. The lowest BCUT2D eigenvalue weighted by Gasteiger charge is -2.36. The van der Waals surface area contributed by atoms with Crippen LogP contribution >= 0.6 is 15.9 Å². The van der Waals surface area contributed by atoms with E-state index in [-0.39, 0.29) is 0 Å². The molecule has 1 saturated heterocycles. The van der Waals surface area contributed by atoms with Crippen molar-refractivity contribution < 1.29 is 0 Å². The summed E-state index contributed by atoms with van der Waals surface area (Å²) in [5, 5.41) is 0. The van der Waals surface area contributed by atoms with Crippen molar-refractivity contribution in [3.05, 3.63) is 28.2 Å². The molecule has 0 amide bonds. The zero-order valence-corrected chi connectivity index (χ0v) is 12.5. The van der Waals surface area contributed by atoms with Crippen LogP contribution in [0.1, 0.15) is 18.4 Å². The van der Waals surface area contributed by atoms with Crippen LogP contribution < -0.4 is 4.90 Å². The Morgan fingerprint density at radius 2 is 1.88 bits per heavy atom. The minimum absolute atomic E-state index is 0.753. The smallest absolute Gasteiger partial charge is 0.0369 e. The van der Waals surface area contributed by atoms with Gasteiger partial charge < -0.3 is 9.80 Å². The fourth-order valence-corrected chi connectivity index (χ4v) is 2.71. The second-order valence-corrected chi connectivity index (χ2v) is 5.97. The molecule has 1 aromatic rings. The molecule has 2 nitrogen and oxygen atoms in total. The molecule has 2 rings (SSSR count). The maximum Gasteiger partial charge on any atom is 0.0369 e. The minimum Gasteiger partial charge on any atom is -0.371 e. The van der Waals surface area contributed by atoms with Crippen LogP contribution in [0.2, 0.25) is 0 Å². The summed E-state index contributed by atoms with van der Waals surface area (Å²) >= 11 is 3.56. The van der Waals surface area contributed by atoms with Crippen LogP contribution in [-0.2, 0) is 0 Å². The molecule has 1 aliphatic rings. The first kappa shape index (κ1) is 12.9. The molecule has 0 spiro atoms. The number of rotatable bonds is 2. The molecule has 0 bridgehead atoms. The van der Waals surface area contributed by atoms with Crippen LogP contribution in [0.15, 0.2) is 22.7 Å². The molecule has 1 aromatic carbocycles. The molecular formula is C14H21BrN2. The van der Waals surface area contributed by atoms with Crippen LogP contribution in [-0.4, -0.2) is 38.1 Å². The molecule has 0 N–H and O–H groups in total. The van der Waals surface area contributed by atoms with E-state index in [1.165, 1.54) is 41.7 Å². The highest BCUT2D eigenvalue weighted by molar-refractivity contribution is 9.10. The minimum atomic E-state index is 0.753. The fraction of sp³-hybridized carbons (Fsp3) is 0.571. The second kappa shape index (κ2) is 5.40. The number of hydrogen-bond acceptors (Lipinski definition) is 2. The highest BCUT2D eigenvalue weighted by atomic mass is 79.9. The Morgan fingerprint density at radius 1 is 1.24 bits per heavy atom. The summed E-state index contributed by atoms with van der Waals surface area (Å²) in [6.07, 6.45) is 2.53. The number of piperidine rings is 1. The monoisotopic (exact) mass is 296 g/mol. The highest BCUT2D eigenvalue weighted by Crippen LogP contribution is 2.26. The van der Waals surface area contributed by atoms with Gasteiger partial charge in [0.2, 0.25) is 0 Å². The van der Waals surface area contributed by atoms with E-state index in [0.29, 0.717) is 0 Å². The van der Waals surface area contributed by atoms with Gasteiger partial charge in [0.05, 0.1) is 0 Å². The van der Waals surface area contributed by atoms with Crippen molar-refractivity contribution in [1.82, 2.24) is 4.90 Å². The van der Waals surface area contributed by atoms with Crippen molar-refractivity contribution in [2.24, 2.45) is 0 Å². The molecule has 17 heavy (non-hydrogen) atoms. The Hall–Kier alpha value is -0.540. The lowest BCUT2D eigenvalue weighted by Crippen LogP contribution is -2.41. The van der Waals surface area contributed by atoms with Crippen LogP contribution in [0.25, 0.3) is 0 Å². The van der Waals surface area contributed by atoms with Crippen molar-refractivity contribution in [3.63, 3.8) is 0 Å². The number of anilines is 1. The van der Waals surface area contributed by atoms with Crippen LogP contribution in [0.5, 0.6) is 0 Å². The van der Waals surface area contributed by atoms with Gasteiger partial charge in [-0.2, -0.15) is 0 Å². The van der Waals surface area contributed by atoms with Crippen molar-refractivity contribution in [2.45, 2.75) is 25.8 Å². The van der Waals surface area contributed by atoms with E-state index < -0.39 is 0 Å². The van der Waals surface area contributed by atoms with Gasteiger partial charge in [-0.1, -0.05) is 15.9 Å². The quantitative estimate of drug-likeness (QED) is 0.826. The zero-order valence-electron chi connectivity index (χ0n) is 10.9. The second-order valence-electron chi connectivity index (χ2n) is 5.12. The molecule has 0 radical (unpaired) electrons.